The molecule has 16 heavy (non-hydrogen) atoms. The Labute approximate surface area is 93.9 Å². The van der Waals surface area contributed by atoms with Crippen molar-refractivity contribution in [3.63, 3.8) is 0 Å². The number of rotatable bonds is 6. The van der Waals surface area contributed by atoms with Gasteiger partial charge in [-0.25, -0.2) is 4.79 Å². The van der Waals surface area contributed by atoms with Crippen LogP contribution in [0.15, 0.2) is 18.3 Å². The highest BCUT2D eigenvalue weighted by Crippen LogP contribution is 2.03. The molecule has 0 aromatic carbocycles. The molecule has 0 radical (unpaired) electrons. The predicted octanol–water partition coefficient (Wildman–Crippen LogP) is 1.39. The van der Waals surface area contributed by atoms with E-state index in [1.165, 1.54) is 0 Å². The van der Waals surface area contributed by atoms with E-state index in [4.69, 9.17) is 5.11 Å². The molecular formula is C11H16N2O3. The van der Waals surface area contributed by atoms with Gasteiger partial charge in [0.25, 0.3) is 5.91 Å². The second-order valence-corrected chi connectivity index (χ2v) is 3.59. The van der Waals surface area contributed by atoms with Gasteiger partial charge < -0.3 is 15.4 Å². The molecule has 0 saturated carbocycles. The summed E-state index contributed by atoms with van der Waals surface area (Å²) in [5, 5.41) is 11.4. The minimum Gasteiger partial charge on any atom is -0.480 e. The van der Waals surface area contributed by atoms with E-state index in [1.807, 2.05) is 6.92 Å². The largest absolute Gasteiger partial charge is 0.480 e. The maximum Gasteiger partial charge on any atom is 0.326 e. The molecule has 1 amide bonds. The number of aromatic nitrogens is 1. The molecule has 88 valence electrons. The topological polar surface area (TPSA) is 82.2 Å². The van der Waals surface area contributed by atoms with Crippen molar-refractivity contribution in [2.45, 2.75) is 32.2 Å². The minimum atomic E-state index is -0.992. The number of H-pyrrole nitrogens is 1. The summed E-state index contributed by atoms with van der Waals surface area (Å²) in [5.74, 6) is -1.37. The number of aromatic amines is 1. The highest BCUT2D eigenvalue weighted by Gasteiger charge is 2.19. The number of aliphatic carboxylic acids is 1. The summed E-state index contributed by atoms with van der Waals surface area (Å²) in [6.07, 6.45) is 3.76. The Morgan fingerprint density at radius 1 is 1.56 bits per heavy atom. The third-order valence-corrected chi connectivity index (χ3v) is 2.29. The third kappa shape index (κ3) is 3.42. The van der Waals surface area contributed by atoms with Crippen molar-refractivity contribution in [1.29, 1.82) is 0 Å². The Kier molecular flexibility index (Phi) is 4.57. The zero-order valence-corrected chi connectivity index (χ0v) is 9.19. The van der Waals surface area contributed by atoms with E-state index < -0.39 is 12.0 Å². The Bertz CT molecular complexity index is 346. The molecule has 1 aromatic heterocycles. The number of hydrogen-bond donors (Lipinski definition) is 3. The van der Waals surface area contributed by atoms with Gasteiger partial charge >= 0.3 is 5.97 Å². The molecule has 5 heteroatoms. The summed E-state index contributed by atoms with van der Waals surface area (Å²) in [4.78, 5) is 25.2. The number of carboxylic acid groups (broad SMARTS) is 1. The van der Waals surface area contributed by atoms with Gasteiger partial charge in [-0.05, 0) is 18.6 Å². The highest BCUT2D eigenvalue weighted by atomic mass is 16.4. The van der Waals surface area contributed by atoms with Crippen molar-refractivity contribution in [2.24, 2.45) is 0 Å². The molecule has 1 atom stereocenters. The Morgan fingerprint density at radius 2 is 2.31 bits per heavy atom. The van der Waals surface area contributed by atoms with Crippen molar-refractivity contribution < 1.29 is 14.7 Å². The maximum atomic E-state index is 11.6. The van der Waals surface area contributed by atoms with Gasteiger partial charge in [-0.2, -0.15) is 0 Å². The summed E-state index contributed by atoms with van der Waals surface area (Å²) < 4.78 is 0. The fourth-order valence-electron chi connectivity index (χ4n) is 1.37. The Morgan fingerprint density at radius 3 is 2.81 bits per heavy atom. The molecule has 3 N–H and O–H groups in total. The van der Waals surface area contributed by atoms with Crippen molar-refractivity contribution in [3.05, 3.63) is 24.0 Å². The zero-order chi connectivity index (χ0) is 12.0. The number of carbonyl (C=O) groups is 2. The first-order valence-electron chi connectivity index (χ1n) is 5.32. The average molecular weight is 224 g/mol. The van der Waals surface area contributed by atoms with E-state index in [0.29, 0.717) is 12.1 Å². The fraction of sp³-hybridized carbons (Fsp3) is 0.455. The lowest BCUT2D eigenvalue weighted by molar-refractivity contribution is -0.139. The van der Waals surface area contributed by atoms with Crippen molar-refractivity contribution >= 4 is 11.9 Å². The summed E-state index contributed by atoms with van der Waals surface area (Å²) in [6.45, 7) is 1.98. The molecule has 0 saturated heterocycles. The van der Waals surface area contributed by atoms with Crippen LogP contribution >= 0.6 is 0 Å². The van der Waals surface area contributed by atoms with Crippen LogP contribution in [0.5, 0.6) is 0 Å². The summed E-state index contributed by atoms with van der Waals surface area (Å²) in [5.41, 5.74) is 0.378. The molecule has 0 spiro atoms. The van der Waals surface area contributed by atoms with Gasteiger partial charge in [-0.15, -0.1) is 0 Å². The van der Waals surface area contributed by atoms with Crippen LogP contribution in [0, 0.1) is 0 Å². The first kappa shape index (κ1) is 12.3. The highest BCUT2D eigenvalue weighted by molar-refractivity contribution is 5.94. The molecule has 1 aromatic rings. The second-order valence-electron chi connectivity index (χ2n) is 3.59. The molecule has 0 aliphatic carbocycles. The molecule has 0 aliphatic heterocycles. The normalized spacial score (nSPS) is 12.1. The summed E-state index contributed by atoms with van der Waals surface area (Å²) in [7, 11) is 0. The number of nitrogens with one attached hydrogen (secondary N) is 2. The first-order chi connectivity index (χ1) is 7.65. The molecule has 0 aliphatic rings. The van der Waals surface area contributed by atoms with Gasteiger partial charge in [-0.3, -0.25) is 4.79 Å². The van der Waals surface area contributed by atoms with Crippen molar-refractivity contribution in [1.82, 2.24) is 10.3 Å². The van der Waals surface area contributed by atoms with E-state index >= 15 is 0 Å². The van der Waals surface area contributed by atoms with Crippen LogP contribution in [0.3, 0.4) is 0 Å². The predicted molar refractivity (Wildman–Crippen MR) is 59.2 cm³/mol. The minimum absolute atomic E-state index is 0.378. The molecule has 1 heterocycles. The summed E-state index contributed by atoms with van der Waals surface area (Å²) in [6, 6.07) is 2.49. The number of carbonyl (C=O) groups excluding carboxylic acids is 1. The van der Waals surface area contributed by atoms with E-state index in [0.717, 1.165) is 12.8 Å². The van der Waals surface area contributed by atoms with E-state index in [9.17, 15) is 9.59 Å². The SMILES string of the molecule is CCCCC(NC(=O)c1ccc[nH]1)C(=O)O. The standard InChI is InChI=1S/C11H16N2O3/c1-2-3-5-9(11(15)16)13-10(14)8-6-4-7-12-8/h4,6-7,9,12H,2-3,5H2,1H3,(H,13,14)(H,15,16). The average Bonchev–Trinajstić information content (AvgIpc) is 2.76. The monoisotopic (exact) mass is 224 g/mol. The smallest absolute Gasteiger partial charge is 0.326 e. The van der Waals surface area contributed by atoms with Gasteiger partial charge in [0.05, 0.1) is 0 Å². The zero-order valence-electron chi connectivity index (χ0n) is 9.19. The van der Waals surface area contributed by atoms with Gasteiger partial charge in [0.2, 0.25) is 0 Å². The van der Waals surface area contributed by atoms with Gasteiger partial charge in [0, 0.05) is 6.20 Å². The molecule has 5 nitrogen and oxygen atoms in total. The molecule has 0 fully saturated rings. The second kappa shape index (κ2) is 5.95. The number of unbranched alkanes of at least 4 members (excludes halogenated alkanes) is 1. The van der Waals surface area contributed by atoms with Crippen LogP contribution in [0.4, 0.5) is 0 Å². The van der Waals surface area contributed by atoms with E-state index in [-0.39, 0.29) is 5.91 Å². The quantitative estimate of drug-likeness (QED) is 0.682. The third-order valence-electron chi connectivity index (χ3n) is 2.29. The number of hydrogen-bond acceptors (Lipinski definition) is 2. The van der Waals surface area contributed by atoms with Crippen LogP contribution in [-0.4, -0.2) is 28.0 Å². The van der Waals surface area contributed by atoms with E-state index in [1.54, 1.807) is 18.3 Å². The molecule has 0 bridgehead atoms. The lowest BCUT2D eigenvalue weighted by Gasteiger charge is -2.13. The molecule has 1 rings (SSSR count). The van der Waals surface area contributed by atoms with E-state index in [2.05, 4.69) is 10.3 Å². The maximum absolute atomic E-state index is 11.6. The molecular weight excluding hydrogens is 208 g/mol. The van der Waals surface area contributed by atoms with Crippen LogP contribution in [0.2, 0.25) is 0 Å². The lowest BCUT2D eigenvalue weighted by Crippen LogP contribution is -2.40. The Hall–Kier alpha value is -1.78. The summed E-state index contributed by atoms with van der Waals surface area (Å²) >= 11 is 0. The molecule has 1 unspecified atom stereocenters. The van der Waals surface area contributed by atoms with Gasteiger partial charge in [-0.1, -0.05) is 19.8 Å². The van der Waals surface area contributed by atoms with Crippen LogP contribution in [-0.2, 0) is 4.79 Å². The lowest BCUT2D eigenvalue weighted by atomic mass is 10.1. The van der Waals surface area contributed by atoms with Crippen LogP contribution in [0.25, 0.3) is 0 Å². The van der Waals surface area contributed by atoms with Gasteiger partial charge in [0.15, 0.2) is 0 Å². The number of amides is 1. The number of carboxylic acids is 1. The van der Waals surface area contributed by atoms with Gasteiger partial charge in [0.1, 0.15) is 11.7 Å². The first-order valence-corrected chi connectivity index (χ1v) is 5.32. The van der Waals surface area contributed by atoms with Crippen LogP contribution in [0.1, 0.15) is 36.7 Å². The van der Waals surface area contributed by atoms with Crippen molar-refractivity contribution in [3.8, 4) is 0 Å². The van der Waals surface area contributed by atoms with Crippen LogP contribution < -0.4 is 5.32 Å². The Balaban J connectivity index is 2.54. The fourth-order valence-corrected chi connectivity index (χ4v) is 1.37. The van der Waals surface area contributed by atoms with Crippen molar-refractivity contribution in [2.75, 3.05) is 0 Å².